The molecule has 1 fully saturated rings. The van der Waals surface area contributed by atoms with Gasteiger partial charge in [-0.3, -0.25) is 4.79 Å². The number of para-hydroxylation sites is 1. The third kappa shape index (κ3) is 3.86. The number of nitrogens with zero attached hydrogens (tertiary/aromatic N) is 2. The van der Waals surface area contributed by atoms with Gasteiger partial charge < -0.3 is 15.0 Å². The van der Waals surface area contributed by atoms with Gasteiger partial charge in [-0.2, -0.15) is 5.26 Å². The number of benzene rings is 1. The largest absolute Gasteiger partial charge is 0.378 e. The molecule has 0 atom stereocenters. The van der Waals surface area contributed by atoms with Gasteiger partial charge in [-0.05, 0) is 17.5 Å². The lowest BCUT2D eigenvalue weighted by atomic mass is 10.0. The van der Waals surface area contributed by atoms with Crippen molar-refractivity contribution in [1.29, 1.82) is 5.26 Å². The zero-order valence-corrected chi connectivity index (χ0v) is 13.0. The van der Waals surface area contributed by atoms with Crippen LogP contribution in [0.5, 0.6) is 0 Å². The molecule has 1 heterocycles. The third-order valence-electron chi connectivity index (χ3n) is 3.60. The van der Waals surface area contributed by atoms with Gasteiger partial charge in [0.25, 0.3) is 5.91 Å². The number of rotatable bonds is 4. The van der Waals surface area contributed by atoms with Crippen LogP contribution in [0.25, 0.3) is 0 Å². The number of carbonyl (C=O) groups excluding carboxylic acids is 1. The van der Waals surface area contributed by atoms with E-state index in [1.54, 1.807) is 4.90 Å². The summed E-state index contributed by atoms with van der Waals surface area (Å²) in [5, 5.41) is 12.3. The zero-order valence-electron chi connectivity index (χ0n) is 13.0. The molecule has 0 bridgehead atoms. The molecule has 1 aromatic rings. The van der Waals surface area contributed by atoms with Crippen molar-refractivity contribution in [3.63, 3.8) is 0 Å². The highest BCUT2D eigenvalue weighted by molar-refractivity contribution is 5.97. The van der Waals surface area contributed by atoms with Gasteiger partial charge >= 0.3 is 0 Å². The summed E-state index contributed by atoms with van der Waals surface area (Å²) in [7, 11) is 0. The first-order valence-corrected chi connectivity index (χ1v) is 7.46. The fourth-order valence-electron chi connectivity index (χ4n) is 2.36. The van der Waals surface area contributed by atoms with Gasteiger partial charge in [0.15, 0.2) is 0 Å². The molecule has 1 amide bonds. The van der Waals surface area contributed by atoms with E-state index in [4.69, 9.17) is 4.74 Å². The Bertz CT molecular complexity index is 596. The van der Waals surface area contributed by atoms with Crippen LogP contribution in [0.4, 0.5) is 5.69 Å². The molecule has 1 aliphatic heterocycles. The fourth-order valence-corrected chi connectivity index (χ4v) is 2.36. The average molecular weight is 299 g/mol. The first-order chi connectivity index (χ1) is 10.6. The van der Waals surface area contributed by atoms with Gasteiger partial charge in [-0.1, -0.05) is 32.0 Å². The minimum atomic E-state index is -0.250. The summed E-state index contributed by atoms with van der Waals surface area (Å²) in [5.74, 6) is 0.109. The Morgan fingerprint density at radius 1 is 1.36 bits per heavy atom. The Morgan fingerprint density at radius 3 is 2.68 bits per heavy atom. The first kappa shape index (κ1) is 16.1. The summed E-state index contributed by atoms with van der Waals surface area (Å²) in [4.78, 5) is 14.0. The number of hydrogen-bond donors (Lipinski definition) is 1. The number of ether oxygens (including phenoxy) is 1. The third-order valence-corrected chi connectivity index (χ3v) is 3.60. The Hall–Kier alpha value is -2.32. The molecular formula is C17H21N3O2. The lowest BCUT2D eigenvalue weighted by Crippen LogP contribution is -2.41. The molecule has 2 rings (SSSR count). The Kier molecular flexibility index (Phi) is 5.56. The number of anilines is 1. The van der Waals surface area contributed by atoms with E-state index in [0.29, 0.717) is 32.2 Å². The number of carbonyl (C=O) groups is 1. The summed E-state index contributed by atoms with van der Waals surface area (Å²) < 4.78 is 5.22. The predicted molar refractivity (Wildman–Crippen MR) is 85.2 cm³/mol. The number of nitrogens with one attached hydrogen (secondary N) is 1. The second kappa shape index (κ2) is 7.62. The second-order valence-electron chi connectivity index (χ2n) is 5.46. The van der Waals surface area contributed by atoms with Crippen molar-refractivity contribution < 1.29 is 9.53 Å². The smallest absolute Gasteiger partial charge is 0.266 e. The van der Waals surface area contributed by atoms with E-state index in [0.717, 1.165) is 11.3 Å². The molecule has 1 saturated heterocycles. The van der Waals surface area contributed by atoms with Gasteiger partial charge in [0.1, 0.15) is 11.6 Å². The van der Waals surface area contributed by atoms with E-state index in [-0.39, 0.29) is 11.5 Å². The van der Waals surface area contributed by atoms with Crippen LogP contribution < -0.4 is 5.32 Å². The quantitative estimate of drug-likeness (QED) is 0.685. The SMILES string of the molecule is CC(C)c1ccccc1N/C=C(/C#N)C(=O)N1CCOCC1. The molecule has 1 aliphatic rings. The maximum atomic E-state index is 12.3. The van der Waals surface area contributed by atoms with Crippen molar-refractivity contribution in [3.8, 4) is 6.07 Å². The highest BCUT2D eigenvalue weighted by atomic mass is 16.5. The first-order valence-electron chi connectivity index (χ1n) is 7.46. The fraction of sp³-hybridized carbons (Fsp3) is 0.412. The van der Waals surface area contributed by atoms with Crippen LogP contribution in [-0.4, -0.2) is 37.1 Å². The second-order valence-corrected chi connectivity index (χ2v) is 5.46. The molecule has 0 radical (unpaired) electrons. The van der Waals surface area contributed by atoms with E-state index in [9.17, 15) is 10.1 Å². The van der Waals surface area contributed by atoms with Crippen molar-refractivity contribution in [3.05, 3.63) is 41.6 Å². The van der Waals surface area contributed by atoms with Crippen LogP contribution in [0.2, 0.25) is 0 Å². The normalized spacial score (nSPS) is 15.5. The molecule has 22 heavy (non-hydrogen) atoms. The molecule has 116 valence electrons. The highest BCUT2D eigenvalue weighted by Gasteiger charge is 2.20. The van der Waals surface area contributed by atoms with Gasteiger partial charge in [0.2, 0.25) is 0 Å². The van der Waals surface area contributed by atoms with Gasteiger partial charge in [-0.25, -0.2) is 0 Å². The minimum Gasteiger partial charge on any atom is -0.378 e. The predicted octanol–water partition coefficient (Wildman–Crippen LogP) is 2.49. The van der Waals surface area contributed by atoms with Crippen LogP contribution in [0.1, 0.15) is 25.3 Å². The molecule has 0 unspecified atom stereocenters. The maximum absolute atomic E-state index is 12.3. The molecule has 1 N–H and O–H groups in total. The van der Waals surface area contributed by atoms with Crippen LogP contribution in [0, 0.1) is 11.3 Å². The van der Waals surface area contributed by atoms with E-state index >= 15 is 0 Å². The van der Waals surface area contributed by atoms with Crippen LogP contribution >= 0.6 is 0 Å². The molecule has 5 heteroatoms. The monoisotopic (exact) mass is 299 g/mol. The summed E-state index contributed by atoms with van der Waals surface area (Å²) in [6.45, 7) is 6.31. The van der Waals surface area contributed by atoms with Crippen molar-refractivity contribution in [2.45, 2.75) is 19.8 Å². The standard InChI is InChI=1S/C17H21N3O2/c1-13(2)15-5-3-4-6-16(15)19-12-14(11-18)17(21)20-7-9-22-10-8-20/h3-6,12-13,19H,7-10H2,1-2H3/b14-12-. The Labute approximate surface area is 131 Å². The van der Waals surface area contributed by atoms with Crippen LogP contribution in [0.15, 0.2) is 36.0 Å². The topological polar surface area (TPSA) is 65.4 Å². The molecule has 0 aromatic heterocycles. The van der Waals surface area contributed by atoms with Crippen molar-refractivity contribution in [2.24, 2.45) is 0 Å². The summed E-state index contributed by atoms with van der Waals surface area (Å²) in [5.41, 5.74) is 2.18. The van der Waals surface area contributed by atoms with E-state index in [1.165, 1.54) is 6.20 Å². The molecule has 0 saturated carbocycles. The number of hydrogen-bond acceptors (Lipinski definition) is 4. The van der Waals surface area contributed by atoms with Gasteiger partial charge in [0, 0.05) is 25.0 Å². The zero-order chi connectivity index (χ0) is 15.9. The number of nitriles is 1. The van der Waals surface area contributed by atoms with E-state index < -0.39 is 0 Å². The van der Waals surface area contributed by atoms with Crippen LogP contribution in [-0.2, 0) is 9.53 Å². The molecule has 1 aromatic carbocycles. The van der Waals surface area contributed by atoms with Gasteiger partial charge in [-0.15, -0.1) is 0 Å². The van der Waals surface area contributed by atoms with Crippen molar-refractivity contribution in [2.75, 3.05) is 31.6 Å². The molecular weight excluding hydrogens is 278 g/mol. The summed E-state index contributed by atoms with van der Waals surface area (Å²) in [6, 6.07) is 9.88. The molecule has 0 spiro atoms. The average Bonchev–Trinajstić information content (AvgIpc) is 2.56. The minimum absolute atomic E-state index is 0.112. The Morgan fingerprint density at radius 2 is 2.05 bits per heavy atom. The molecule has 5 nitrogen and oxygen atoms in total. The van der Waals surface area contributed by atoms with Crippen molar-refractivity contribution in [1.82, 2.24) is 4.90 Å². The van der Waals surface area contributed by atoms with Crippen molar-refractivity contribution >= 4 is 11.6 Å². The molecule has 0 aliphatic carbocycles. The lowest BCUT2D eigenvalue weighted by molar-refractivity contribution is -0.130. The van der Waals surface area contributed by atoms with Gasteiger partial charge in [0.05, 0.1) is 13.2 Å². The summed E-state index contributed by atoms with van der Waals surface area (Å²) >= 11 is 0. The van der Waals surface area contributed by atoms with E-state index in [2.05, 4.69) is 19.2 Å². The highest BCUT2D eigenvalue weighted by Crippen LogP contribution is 2.23. The lowest BCUT2D eigenvalue weighted by Gasteiger charge is -2.26. The van der Waals surface area contributed by atoms with E-state index in [1.807, 2.05) is 30.3 Å². The van der Waals surface area contributed by atoms with Crippen LogP contribution in [0.3, 0.4) is 0 Å². The number of amides is 1. The number of morpholine rings is 1. The maximum Gasteiger partial charge on any atom is 0.266 e. The Balaban J connectivity index is 2.13. The summed E-state index contributed by atoms with van der Waals surface area (Å²) in [6.07, 6.45) is 1.50.